The maximum atomic E-state index is 12.5. The van der Waals surface area contributed by atoms with E-state index in [9.17, 15) is 19.7 Å². The Morgan fingerprint density at radius 2 is 1.96 bits per heavy atom. The topological polar surface area (TPSA) is 145 Å². The summed E-state index contributed by atoms with van der Waals surface area (Å²) < 4.78 is 5.78. The van der Waals surface area contributed by atoms with Crippen LogP contribution >= 0.6 is 0 Å². The van der Waals surface area contributed by atoms with E-state index in [1.807, 2.05) is 0 Å². The smallest absolute Gasteiger partial charge is 0.270 e. The number of benzene rings is 2. The molecule has 4 rings (SSSR count). The Hall–Kier alpha value is -4.27. The summed E-state index contributed by atoms with van der Waals surface area (Å²) in [5.41, 5.74) is 6.12. The second kappa shape index (κ2) is 6.47. The van der Waals surface area contributed by atoms with Gasteiger partial charge in [0.2, 0.25) is 11.6 Å². The molecule has 1 amide bonds. The van der Waals surface area contributed by atoms with E-state index >= 15 is 0 Å². The zero-order valence-corrected chi connectivity index (χ0v) is 14.2. The minimum Gasteiger partial charge on any atom is -0.437 e. The Bertz CT molecular complexity index is 1310. The van der Waals surface area contributed by atoms with E-state index in [2.05, 4.69) is 9.97 Å². The molecule has 9 heteroatoms. The zero-order valence-electron chi connectivity index (χ0n) is 14.2. The summed E-state index contributed by atoms with van der Waals surface area (Å²) in [7, 11) is 0. The number of carbonyl (C=O) groups is 1. The number of non-ortho nitro benzene ring substituents is 1. The lowest BCUT2D eigenvalue weighted by atomic mass is 9.95. The molecule has 9 nitrogen and oxygen atoms in total. The van der Waals surface area contributed by atoms with Crippen LogP contribution in [0.15, 0.2) is 64.1 Å². The summed E-state index contributed by atoms with van der Waals surface area (Å²) in [6, 6.07) is 12.2. The van der Waals surface area contributed by atoms with Gasteiger partial charge in [-0.3, -0.25) is 19.7 Å². The molecule has 3 N–H and O–H groups in total. The van der Waals surface area contributed by atoms with Crippen LogP contribution in [0.1, 0.15) is 10.4 Å². The van der Waals surface area contributed by atoms with Crippen LogP contribution in [-0.4, -0.2) is 20.8 Å². The molecule has 2 heterocycles. The molecule has 0 aliphatic rings. The molecule has 0 spiro atoms. The van der Waals surface area contributed by atoms with Crippen molar-refractivity contribution in [2.24, 2.45) is 5.73 Å². The number of aromatic amines is 1. The number of hydrogen-bond acceptors (Lipinski definition) is 6. The van der Waals surface area contributed by atoms with Crippen LogP contribution in [0.3, 0.4) is 0 Å². The Labute approximate surface area is 156 Å². The van der Waals surface area contributed by atoms with Crippen LogP contribution in [-0.2, 0) is 0 Å². The van der Waals surface area contributed by atoms with E-state index in [4.69, 9.17) is 10.2 Å². The fraction of sp³-hybridized carbons (Fsp3) is 0. The third-order valence-electron chi connectivity index (χ3n) is 4.28. The van der Waals surface area contributed by atoms with Gasteiger partial charge >= 0.3 is 0 Å². The van der Waals surface area contributed by atoms with Crippen molar-refractivity contribution in [3.8, 4) is 22.5 Å². The molecule has 0 saturated carbocycles. The quantitative estimate of drug-likeness (QED) is 0.414. The lowest BCUT2D eigenvalue weighted by Gasteiger charge is -2.07. The molecule has 138 valence electrons. The molecule has 0 aliphatic heterocycles. The number of fused-ring (bicyclic) bond motifs is 1. The highest BCUT2D eigenvalue weighted by Crippen LogP contribution is 2.40. The molecule has 0 unspecified atom stereocenters. The monoisotopic (exact) mass is 376 g/mol. The molecule has 0 radical (unpaired) electrons. The highest BCUT2D eigenvalue weighted by atomic mass is 16.6. The van der Waals surface area contributed by atoms with Crippen molar-refractivity contribution in [2.45, 2.75) is 0 Å². The molecule has 2 aromatic heterocycles. The first-order valence-corrected chi connectivity index (χ1v) is 8.11. The van der Waals surface area contributed by atoms with Crippen molar-refractivity contribution in [1.29, 1.82) is 0 Å². The number of nitrogens with two attached hydrogens (primary N) is 1. The van der Waals surface area contributed by atoms with Gasteiger partial charge in [-0.1, -0.05) is 30.3 Å². The van der Waals surface area contributed by atoms with Crippen LogP contribution < -0.4 is 11.3 Å². The van der Waals surface area contributed by atoms with Gasteiger partial charge in [-0.25, -0.2) is 4.98 Å². The lowest BCUT2D eigenvalue weighted by molar-refractivity contribution is -0.384. The normalized spacial score (nSPS) is 10.9. The number of hydrogen-bond donors (Lipinski definition) is 2. The van der Waals surface area contributed by atoms with Crippen LogP contribution in [0.2, 0.25) is 0 Å². The minimum atomic E-state index is -0.685. The van der Waals surface area contributed by atoms with Crippen molar-refractivity contribution >= 4 is 22.7 Å². The number of amides is 1. The Balaban J connectivity index is 2.13. The fourth-order valence-electron chi connectivity index (χ4n) is 3.08. The maximum absolute atomic E-state index is 12.5. The zero-order chi connectivity index (χ0) is 19.8. The number of nitro groups is 1. The van der Waals surface area contributed by atoms with Crippen LogP contribution in [0.4, 0.5) is 5.69 Å². The summed E-state index contributed by atoms with van der Waals surface area (Å²) in [6.07, 6.45) is 1.19. The summed E-state index contributed by atoms with van der Waals surface area (Å²) in [5, 5.41) is 11.3. The van der Waals surface area contributed by atoms with Crippen molar-refractivity contribution in [3.63, 3.8) is 0 Å². The van der Waals surface area contributed by atoms with E-state index in [0.29, 0.717) is 16.7 Å². The lowest BCUT2D eigenvalue weighted by Crippen LogP contribution is -2.13. The van der Waals surface area contributed by atoms with Gasteiger partial charge in [0.1, 0.15) is 11.1 Å². The van der Waals surface area contributed by atoms with Crippen molar-refractivity contribution < 1.29 is 14.1 Å². The van der Waals surface area contributed by atoms with Crippen LogP contribution in [0.25, 0.3) is 33.6 Å². The van der Waals surface area contributed by atoms with Crippen molar-refractivity contribution in [2.75, 3.05) is 0 Å². The molecule has 2 aromatic carbocycles. The van der Waals surface area contributed by atoms with Gasteiger partial charge in [-0.15, -0.1) is 0 Å². The molecule has 28 heavy (non-hydrogen) atoms. The number of furan rings is 1. The molecule has 0 aliphatic carbocycles. The molecular formula is C19H12N4O5. The van der Waals surface area contributed by atoms with Gasteiger partial charge in [-0.05, 0) is 11.6 Å². The number of primary amides is 1. The highest BCUT2D eigenvalue weighted by molar-refractivity contribution is 6.07. The molecule has 4 aromatic rings. The van der Waals surface area contributed by atoms with Gasteiger partial charge in [-0.2, -0.15) is 0 Å². The number of nitro benzene ring substituents is 1. The Kier molecular flexibility index (Phi) is 3.96. The van der Waals surface area contributed by atoms with E-state index in [1.54, 1.807) is 24.3 Å². The molecular weight excluding hydrogens is 364 g/mol. The standard InChI is InChI=1S/C19H12N4O5/c20-17(24)13-7-2-1-6-12(13)14-15-18(25)21-9-22-19(15)28-16(14)10-4-3-5-11(8-10)23(26)27/h1-9H,(H2,20,24)(H,21,22,25). The summed E-state index contributed by atoms with van der Waals surface area (Å²) in [6.45, 7) is 0. The summed E-state index contributed by atoms with van der Waals surface area (Å²) in [4.78, 5) is 41.6. The predicted octanol–water partition coefficient (Wildman–Crippen LogP) is 2.86. The van der Waals surface area contributed by atoms with E-state index < -0.39 is 16.4 Å². The number of aromatic nitrogens is 2. The molecule has 0 fully saturated rings. The number of nitrogens with zero attached hydrogens (tertiary/aromatic N) is 2. The number of H-pyrrole nitrogens is 1. The maximum Gasteiger partial charge on any atom is 0.270 e. The third kappa shape index (κ3) is 2.71. The second-order valence-corrected chi connectivity index (χ2v) is 5.94. The highest BCUT2D eigenvalue weighted by Gasteiger charge is 2.24. The largest absolute Gasteiger partial charge is 0.437 e. The average Bonchev–Trinajstić information content (AvgIpc) is 3.09. The second-order valence-electron chi connectivity index (χ2n) is 5.94. The molecule has 0 bridgehead atoms. The predicted molar refractivity (Wildman–Crippen MR) is 101 cm³/mol. The van der Waals surface area contributed by atoms with Gasteiger partial charge in [0.15, 0.2) is 0 Å². The number of carbonyl (C=O) groups excluding carboxylic acids is 1. The summed E-state index contributed by atoms with van der Waals surface area (Å²) >= 11 is 0. The third-order valence-corrected chi connectivity index (χ3v) is 4.28. The van der Waals surface area contributed by atoms with Gasteiger partial charge in [0, 0.05) is 28.8 Å². The fourth-order valence-corrected chi connectivity index (χ4v) is 3.08. The van der Waals surface area contributed by atoms with E-state index in [-0.39, 0.29) is 28.1 Å². The van der Waals surface area contributed by atoms with E-state index in [0.717, 1.165) is 0 Å². The first-order chi connectivity index (χ1) is 13.5. The molecule has 0 saturated heterocycles. The van der Waals surface area contributed by atoms with Crippen LogP contribution in [0.5, 0.6) is 0 Å². The van der Waals surface area contributed by atoms with Gasteiger partial charge in [0.05, 0.1) is 11.3 Å². The SMILES string of the molecule is NC(=O)c1ccccc1-c1c(-c2cccc([N+](=O)[O-])c2)oc2nc[nH]c(=O)c12. The minimum absolute atomic E-state index is 0.0412. The summed E-state index contributed by atoms with van der Waals surface area (Å²) in [5.74, 6) is -0.508. The number of nitrogens with one attached hydrogen (secondary N) is 1. The first-order valence-electron chi connectivity index (χ1n) is 8.11. The average molecular weight is 376 g/mol. The Morgan fingerprint density at radius 1 is 1.18 bits per heavy atom. The van der Waals surface area contributed by atoms with Crippen LogP contribution in [0, 0.1) is 10.1 Å². The molecule has 0 atom stereocenters. The number of rotatable bonds is 4. The van der Waals surface area contributed by atoms with Crippen molar-refractivity contribution in [1.82, 2.24) is 9.97 Å². The first kappa shape index (κ1) is 17.2. The van der Waals surface area contributed by atoms with Crippen molar-refractivity contribution in [3.05, 3.63) is 80.9 Å². The Morgan fingerprint density at radius 3 is 2.71 bits per heavy atom. The van der Waals surface area contributed by atoms with E-state index in [1.165, 1.54) is 30.6 Å². The van der Waals surface area contributed by atoms with Gasteiger partial charge in [0.25, 0.3) is 11.2 Å². The van der Waals surface area contributed by atoms with Gasteiger partial charge < -0.3 is 15.1 Å².